The first-order valence-electron chi connectivity index (χ1n) is 6.73. The Kier molecular flexibility index (Phi) is 7.74. The Bertz CT molecular complexity index is 348. The molecule has 1 aromatic rings. The summed E-state index contributed by atoms with van der Waals surface area (Å²) in [5, 5.41) is 2.97. The topological polar surface area (TPSA) is 29.1 Å². The van der Waals surface area contributed by atoms with E-state index in [-0.39, 0.29) is 5.91 Å². The second-order valence-corrected chi connectivity index (χ2v) is 5.48. The van der Waals surface area contributed by atoms with Crippen molar-refractivity contribution in [3.63, 3.8) is 0 Å². The van der Waals surface area contributed by atoms with Gasteiger partial charge in [-0.2, -0.15) is 0 Å². The van der Waals surface area contributed by atoms with Gasteiger partial charge in [-0.15, -0.1) is 0 Å². The average Bonchev–Trinajstić information content (AvgIpc) is 2.36. The minimum Gasteiger partial charge on any atom is -0.356 e. The standard InChI is InChI=1S/C15H22BrNO/c1-2-3-4-5-6-11-17-15(18)12-13-7-9-14(16)10-8-13/h7-10H,2-6,11-12H2,1H3,(H,17,18). The third kappa shape index (κ3) is 6.80. The predicted octanol–water partition coefficient (Wildman–Crippen LogP) is 4.08. The number of carbonyl (C=O) groups excluding carboxylic acids is 1. The number of rotatable bonds is 8. The normalized spacial score (nSPS) is 10.3. The lowest BCUT2D eigenvalue weighted by molar-refractivity contribution is -0.120. The smallest absolute Gasteiger partial charge is 0.224 e. The van der Waals surface area contributed by atoms with Crippen molar-refractivity contribution >= 4 is 21.8 Å². The van der Waals surface area contributed by atoms with E-state index in [1.165, 1.54) is 25.7 Å². The molecular weight excluding hydrogens is 290 g/mol. The van der Waals surface area contributed by atoms with E-state index in [1.807, 2.05) is 24.3 Å². The van der Waals surface area contributed by atoms with Crippen LogP contribution in [0, 0.1) is 0 Å². The van der Waals surface area contributed by atoms with Crippen LogP contribution in [0.3, 0.4) is 0 Å². The van der Waals surface area contributed by atoms with Gasteiger partial charge in [-0.25, -0.2) is 0 Å². The van der Waals surface area contributed by atoms with E-state index in [1.54, 1.807) is 0 Å². The summed E-state index contributed by atoms with van der Waals surface area (Å²) in [7, 11) is 0. The molecule has 0 saturated heterocycles. The minimum absolute atomic E-state index is 0.118. The van der Waals surface area contributed by atoms with Crippen LogP contribution in [0.15, 0.2) is 28.7 Å². The van der Waals surface area contributed by atoms with Gasteiger partial charge in [0.2, 0.25) is 5.91 Å². The van der Waals surface area contributed by atoms with Crippen LogP contribution in [-0.4, -0.2) is 12.5 Å². The van der Waals surface area contributed by atoms with Gasteiger partial charge in [0.1, 0.15) is 0 Å². The van der Waals surface area contributed by atoms with Gasteiger partial charge in [0.05, 0.1) is 6.42 Å². The third-order valence-corrected chi connectivity index (χ3v) is 3.41. The van der Waals surface area contributed by atoms with Gasteiger partial charge in [-0.05, 0) is 24.1 Å². The van der Waals surface area contributed by atoms with Gasteiger partial charge in [0, 0.05) is 11.0 Å². The van der Waals surface area contributed by atoms with Crippen LogP contribution >= 0.6 is 15.9 Å². The summed E-state index contributed by atoms with van der Waals surface area (Å²) in [5.41, 5.74) is 1.06. The molecule has 100 valence electrons. The maximum atomic E-state index is 11.7. The Labute approximate surface area is 118 Å². The van der Waals surface area contributed by atoms with E-state index in [0.29, 0.717) is 6.42 Å². The summed E-state index contributed by atoms with van der Waals surface area (Å²) in [6, 6.07) is 7.89. The average molecular weight is 312 g/mol. The van der Waals surface area contributed by atoms with Crippen molar-refractivity contribution in [2.75, 3.05) is 6.54 Å². The fourth-order valence-electron chi connectivity index (χ4n) is 1.81. The molecule has 0 fully saturated rings. The number of hydrogen-bond donors (Lipinski definition) is 1. The van der Waals surface area contributed by atoms with Crippen LogP contribution in [-0.2, 0) is 11.2 Å². The molecule has 0 heterocycles. The monoisotopic (exact) mass is 311 g/mol. The lowest BCUT2D eigenvalue weighted by atomic mass is 10.1. The highest BCUT2D eigenvalue weighted by molar-refractivity contribution is 9.10. The fourth-order valence-corrected chi connectivity index (χ4v) is 2.07. The molecule has 0 radical (unpaired) electrons. The molecule has 0 spiro atoms. The molecule has 0 aromatic heterocycles. The second kappa shape index (κ2) is 9.15. The molecule has 0 unspecified atom stereocenters. The van der Waals surface area contributed by atoms with Gasteiger partial charge in [0.15, 0.2) is 0 Å². The van der Waals surface area contributed by atoms with Gasteiger partial charge in [-0.1, -0.05) is 60.7 Å². The molecule has 1 aromatic carbocycles. The van der Waals surface area contributed by atoms with Crippen molar-refractivity contribution in [1.29, 1.82) is 0 Å². The number of hydrogen-bond acceptors (Lipinski definition) is 1. The summed E-state index contributed by atoms with van der Waals surface area (Å²) in [4.78, 5) is 11.7. The SMILES string of the molecule is CCCCCCCNC(=O)Cc1ccc(Br)cc1. The van der Waals surface area contributed by atoms with Crippen LogP contribution in [0.1, 0.15) is 44.6 Å². The van der Waals surface area contributed by atoms with Crippen molar-refractivity contribution < 1.29 is 4.79 Å². The van der Waals surface area contributed by atoms with E-state index < -0.39 is 0 Å². The van der Waals surface area contributed by atoms with Gasteiger partial charge in [-0.3, -0.25) is 4.79 Å². The van der Waals surface area contributed by atoms with Crippen molar-refractivity contribution in [1.82, 2.24) is 5.32 Å². The molecule has 0 aliphatic carbocycles. The van der Waals surface area contributed by atoms with Gasteiger partial charge in [0.25, 0.3) is 0 Å². The van der Waals surface area contributed by atoms with Crippen LogP contribution in [0.25, 0.3) is 0 Å². The van der Waals surface area contributed by atoms with Gasteiger partial charge >= 0.3 is 0 Å². The Morgan fingerprint density at radius 2 is 1.78 bits per heavy atom. The number of amides is 1. The first-order valence-corrected chi connectivity index (χ1v) is 7.53. The molecular formula is C15H22BrNO. The van der Waals surface area contributed by atoms with Crippen LogP contribution < -0.4 is 5.32 Å². The zero-order chi connectivity index (χ0) is 13.2. The molecule has 3 heteroatoms. The molecule has 2 nitrogen and oxygen atoms in total. The molecule has 1 amide bonds. The second-order valence-electron chi connectivity index (χ2n) is 4.57. The summed E-state index contributed by atoms with van der Waals surface area (Å²) in [6.07, 6.45) is 6.61. The Morgan fingerprint density at radius 3 is 2.44 bits per heavy atom. The molecule has 0 atom stereocenters. The zero-order valence-corrected chi connectivity index (χ0v) is 12.6. The molecule has 0 bridgehead atoms. The summed E-state index contributed by atoms with van der Waals surface area (Å²) >= 11 is 3.38. The molecule has 0 aliphatic rings. The Balaban J connectivity index is 2.12. The quantitative estimate of drug-likeness (QED) is 0.720. The number of carbonyl (C=O) groups is 1. The highest BCUT2D eigenvalue weighted by Gasteiger charge is 2.02. The number of nitrogens with one attached hydrogen (secondary N) is 1. The molecule has 1 N–H and O–H groups in total. The summed E-state index contributed by atoms with van der Waals surface area (Å²) < 4.78 is 1.04. The van der Waals surface area contributed by atoms with E-state index >= 15 is 0 Å². The molecule has 0 aliphatic heterocycles. The molecule has 0 saturated carbocycles. The highest BCUT2D eigenvalue weighted by atomic mass is 79.9. The van der Waals surface area contributed by atoms with Crippen molar-refractivity contribution in [2.24, 2.45) is 0 Å². The van der Waals surface area contributed by atoms with Crippen molar-refractivity contribution in [2.45, 2.75) is 45.4 Å². The van der Waals surface area contributed by atoms with Crippen molar-refractivity contribution in [3.8, 4) is 0 Å². The van der Waals surface area contributed by atoms with Crippen LogP contribution in [0.2, 0.25) is 0 Å². The largest absolute Gasteiger partial charge is 0.356 e. The van der Waals surface area contributed by atoms with E-state index in [9.17, 15) is 4.79 Å². The number of unbranched alkanes of at least 4 members (excludes halogenated alkanes) is 4. The summed E-state index contributed by atoms with van der Waals surface area (Å²) in [5.74, 6) is 0.118. The van der Waals surface area contributed by atoms with Gasteiger partial charge < -0.3 is 5.32 Å². The third-order valence-electron chi connectivity index (χ3n) is 2.88. The Morgan fingerprint density at radius 1 is 1.11 bits per heavy atom. The Hall–Kier alpha value is -0.830. The van der Waals surface area contributed by atoms with E-state index in [4.69, 9.17) is 0 Å². The zero-order valence-electron chi connectivity index (χ0n) is 11.0. The first kappa shape index (κ1) is 15.2. The summed E-state index contributed by atoms with van der Waals surface area (Å²) in [6.45, 7) is 3.01. The van der Waals surface area contributed by atoms with Crippen LogP contribution in [0.5, 0.6) is 0 Å². The maximum absolute atomic E-state index is 11.7. The molecule has 1 rings (SSSR count). The minimum atomic E-state index is 0.118. The first-order chi connectivity index (χ1) is 8.72. The highest BCUT2D eigenvalue weighted by Crippen LogP contribution is 2.10. The lowest BCUT2D eigenvalue weighted by Crippen LogP contribution is -2.26. The maximum Gasteiger partial charge on any atom is 0.224 e. The number of benzene rings is 1. The van der Waals surface area contributed by atoms with Crippen molar-refractivity contribution in [3.05, 3.63) is 34.3 Å². The predicted molar refractivity (Wildman–Crippen MR) is 79.6 cm³/mol. The van der Waals surface area contributed by atoms with Crippen LogP contribution in [0.4, 0.5) is 0 Å². The van der Waals surface area contributed by atoms with E-state index in [0.717, 1.165) is 23.0 Å². The lowest BCUT2D eigenvalue weighted by Gasteiger charge is -2.05. The molecule has 18 heavy (non-hydrogen) atoms. The fraction of sp³-hybridized carbons (Fsp3) is 0.533. The van der Waals surface area contributed by atoms with E-state index in [2.05, 4.69) is 28.2 Å². The number of halogens is 1.